The summed E-state index contributed by atoms with van der Waals surface area (Å²) in [6.07, 6.45) is -3.26. The van der Waals surface area contributed by atoms with Gasteiger partial charge in [-0.3, -0.25) is 15.1 Å². The van der Waals surface area contributed by atoms with Gasteiger partial charge in [-0.25, -0.2) is 9.78 Å². The fourth-order valence-corrected chi connectivity index (χ4v) is 5.09. The van der Waals surface area contributed by atoms with E-state index in [4.69, 9.17) is 10.5 Å². The molecule has 0 saturated carbocycles. The van der Waals surface area contributed by atoms with Crippen LogP contribution in [0.1, 0.15) is 37.2 Å². The third-order valence-corrected chi connectivity index (χ3v) is 7.68. The molecule has 0 spiro atoms. The summed E-state index contributed by atoms with van der Waals surface area (Å²) < 4.78 is 46.5. The highest BCUT2D eigenvalue weighted by Gasteiger charge is 2.49. The Bertz CT molecular complexity index is 1310. The van der Waals surface area contributed by atoms with Crippen LogP contribution in [-0.4, -0.2) is 51.7 Å². The van der Waals surface area contributed by atoms with Crippen molar-refractivity contribution in [3.63, 3.8) is 0 Å². The molecule has 38 heavy (non-hydrogen) atoms. The first kappa shape index (κ1) is 27.5. The zero-order valence-electron chi connectivity index (χ0n) is 21.1. The number of benzene rings is 1. The minimum Gasteiger partial charge on any atom is -0.372 e. The molecule has 0 unspecified atom stereocenters. The SMILES string of the molecule is Cc1nc(NC(=O)N2C[C@@H](OCc3ccccc3)C[C@H]2C(N)=O)sc1-c1ccnc(C(C)(C)C(F)(F)F)c1. The van der Waals surface area contributed by atoms with Gasteiger partial charge in [-0.05, 0) is 44.0 Å². The van der Waals surface area contributed by atoms with E-state index in [0.717, 1.165) is 30.7 Å². The van der Waals surface area contributed by atoms with Gasteiger partial charge in [-0.15, -0.1) is 0 Å². The van der Waals surface area contributed by atoms with E-state index in [2.05, 4.69) is 15.3 Å². The van der Waals surface area contributed by atoms with Gasteiger partial charge in [-0.2, -0.15) is 13.2 Å². The van der Waals surface area contributed by atoms with Gasteiger partial charge in [0.05, 0.1) is 29.0 Å². The van der Waals surface area contributed by atoms with Crippen LogP contribution in [0.5, 0.6) is 0 Å². The Morgan fingerprint density at radius 3 is 2.58 bits per heavy atom. The fraction of sp³-hybridized carbons (Fsp3) is 0.385. The molecule has 1 aliphatic rings. The summed E-state index contributed by atoms with van der Waals surface area (Å²) in [7, 11) is 0. The molecule has 1 aliphatic heterocycles. The van der Waals surface area contributed by atoms with Gasteiger partial charge in [0.1, 0.15) is 11.5 Å². The van der Waals surface area contributed by atoms with Gasteiger partial charge in [0.25, 0.3) is 0 Å². The summed E-state index contributed by atoms with van der Waals surface area (Å²) in [6.45, 7) is 4.36. The number of aromatic nitrogens is 2. The van der Waals surface area contributed by atoms with Gasteiger partial charge in [0.15, 0.2) is 5.13 Å². The molecule has 12 heteroatoms. The second-order valence-corrected chi connectivity index (χ2v) is 10.6. The molecular weight excluding hydrogens is 519 g/mol. The highest BCUT2D eigenvalue weighted by Crippen LogP contribution is 2.41. The Hall–Kier alpha value is -3.51. The summed E-state index contributed by atoms with van der Waals surface area (Å²) in [5.74, 6) is -0.640. The maximum Gasteiger partial charge on any atom is 0.399 e. The quantitative estimate of drug-likeness (QED) is 0.431. The lowest BCUT2D eigenvalue weighted by atomic mass is 9.87. The van der Waals surface area contributed by atoms with E-state index in [-0.39, 0.29) is 29.9 Å². The van der Waals surface area contributed by atoms with Crippen LogP contribution in [0.3, 0.4) is 0 Å². The minimum atomic E-state index is -4.48. The lowest BCUT2D eigenvalue weighted by Gasteiger charge is -2.27. The summed E-state index contributed by atoms with van der Waals surface area (Å²) in [5.41, 5.74) is 5.30. The van der Waals surface area contributed by atoms with Crippen molar-refractivity contribution < 1.29 is 27.5 Å². The van der Waals surface area contributed by atoms with Crippen LogP contribution in [0.2, 0.25) is 0 Å². The van der Waals surface area contributed by atoms with E-state index < -0.39 is 29.6 Å². The zero-order valence-corrected chi connectivity index (χ0v) is 21.9. The lowest BCUT2D eigenvalue weighted by Crippen LogP contribution is -2.45. The molecule has 3 amide bonds. The molecule has 1 saturated heterocycles. The number of hydrogen-bond acceptors (Lipinski definition) is 6. The molecule has 2 aromatic heterocycles. The molecule has 8 nitrogen and oxygen atoms in total. The van der Waals surface area contributed by atoms with E-state index in [1.807, 2.05) is 30.3 Å². The first-order chi connectivity index (χ1) is 17.9. The molecule has 1 fully saturated rings. The summed E-state index contributed by atoms with van der Waals surface area (Å²) in [5, 5.41) is 2.94. The van der Waals surface area contributed by atoms with Crippen LogP contribution < -0.4 is 11.1 Å². The van der Waals surface area contributed by atoms with Gasteiger partial charge >= 0.3 is 12.2 Å². The number of amides is 3. The number of primary amides is 1. The van der Waals surface area contributed by atoms with Crippen molar-refractivity contribution in [1.29, 1.82) is 0 Å². The largest absolute Gasteiger partial charge is 0.399 e. The number of rotatable bonds is 7. The maximum absolute atomic E-state index is 13.5. The predicted octanol–water partition coefficient (Wildman–Crippen LogP) is 5.03. The Labute approximate surface area is 222 Å². The number of nitrogens with one attached hydrogen (secondary N) is 1. The number of alkyl halides is 3. The van der Waals surface area contributed by atoms with Crippen molar-refractivity contribution in [3.05, 3.63) is 65.6 Å². The summed E-state index contributed by atoms with van der Waals surface area (Å²) in [6, 6.07) is 11.1. The van der Waals surface area contributed by atoms with Crippen molar-refractivity contribution in [1.82, 2.24) is 14.9 Å². The number of likely N-dealkylation sites (tertiary alicyclic amines) is 1. The zero-order chi connectivity index (χ0) is 27.7. The molecule has 0 aliphatic carbocycles. The van der Waals surface area contributed by atoms with Gasteiger partial charge in [-0.1, -0.05) is 41.7 Å². The number of anilines is 1. The van der Waals surface area contributed by atoms with E-state index in [0.29, 0.717) is 22.7 Å². The number of aryl methyl sites for hydroxylation is 1. The second kappa shape index (κ2) is 10.7. The Morgan fingerprint density at radius 1 is 1.21 bits per heavy atom. The molecule has 2 atom stereocenters. The third-order valence-electron chi connectivity index (χ3n) is 6.56. The molecule has 3 N–H and O–H groups in total. The normalized spacial score (nSPS) is 18.0. The highest BCUT2D eigenvalue weighted by molar-refractivity contribution is 7.19. The third kappa shape index (κ3) is 5.81. The van der Waals surface area contributed by atoms with Crippen molar-refractivity contribution >= 4 is 28.4 Å². The number of pyridine rings is 1. The molecule has 3 heterocycles. The standard InChI is InChI=1S/C26H28F3N5O3S/c1-15-21(17-9-10-31-20(11-17)25(2,3)26(27,28)29)38-23(32-15)33-24(36)34-13-18(12-19(34)22(30)35)37-14-16-7-5-4-6-8-16/h4-11,18-19H,12-14H2,1-3H3,(H2,30,35)(H,32,33,36)/t18-,19-/m0/s1. The molecule has 3 aromatic rings. The maximum atomic E-state index is 13.5. The van der Waals surface area contributed by atoms with Gasteiger partial charge < -0.3 is 15.4 Å². The van der Waals surface area contributed by atoms with E-state index in [9.17, 15) is 22.8 Å². The highest BCUT2D eigenvalue weighted by atomic mass is 32.1. The molecular formula is C26H28F3N5O3S. The Kier molecular flexibility index (Phi) is 7.75. The fourth-order valence-electron chi connectivity index (χ4n) is 4.14. The first-order valence-corrected chi connectivity index (χ1v) is 12.7. The average molecular weight is 548 g/mol. The van der Waals surface area contributed by atoms with Crippen molar-refractivity contribution in [2.75, 3.05) is 11.9 Å². The Balaban J connectivity index is 1.47. The van der Waals surface area contributed by atoms with E-state index >= 15 is 0 Å². The molecule has 0 radical (unpaired) electrons. The number of urea groups is 1. The molecule has 202 valence electrons. The second-order valence-electron chi connectivity index (χ2n) is 9.64. The van der Waals surface area contributed by atoms with Gasteiger partial charge in [0.2, 0.25) is 5.91 Å². The van der Waals surface area contributed by atoms with Crippen molar-refractivity contribution in [2.45, 2.75) is 57.5 Å². The molecule has 0 bridgehead atoms. The van der Waals surface area contributed by atoms with Crippen LogP contribution in [0, 0.1) is 6.92 Å². The number of halogens is 3. The van der Waals surface area contributed by atoms with Crippen LogP contribution in [-0.2, 0) is 21.6 Å². The van der Waals surface area contributed by atoms with Crippen molar-refractivity contribution in [3.8, 4) is 10.4 Å². The number of thiazole rings is 1. The minimum absolute atomic E-state index is 0.121. The monoisotopic (exact) mass is 547 g/mol. The number of hydrogen-bond donors (Lipinski definition) is 2. The molecule has 4 rings (SSSR count). The van der Waals surface area contributed by atoms with Crippen LogP contribution in [0.25, 0.3) is 10.4 Å². The summed E-state index contributed by atoms with van der Waals surface area (Å²) >= 11 is 1.12. The van der Waals surface area contributed by atoms with Crippen LogP contribution in [0.4, 0.5) is 23.1 Å². The molecule has 1 aromatic carbocycles. The average Bonchev–Trinajstić information content (AvgIpc) is 3.46. The van der Waals surface area contributed by atoms with E-state index in [1.54, 1.807) is 13.0 Å². The number of nitrogens with zero attached hydrogens (tertiary/aromatic N) is 3. The number of nitrogens with two attached hydrogens (primary N) is 1. The number of ether oxygens (including phenoxy) is 1. The van der Waals surface area contributed by atoms with Crippen LogP contribution >= 0.6 is 11.3 Å². The van der Waals surface area contributed by atoms with Gasteiger partial charge in [0, 0.05) is 19.2 Å². The topological polar surface area (TPSA) is 110 Å². The summed E-state index contributed by atoms with van der Waals surface area (Å²) in [4.78, 5) is 35.4. The van der Waals surface area contributed by atoms with Crippen molar-refractivity contribution in [2.24, 2.45) is 5.73 Å². The van der Waals surface area contributed by atoms with E-state index in [1.165, 1.54) is 17.2 Å². The smallest absolute Gasteiger partial charge is 0.372 e. The van der Waals surface area contributed by atoms with Crippen LogP contribution in [0.15, 0.2) is 48.7 Å². The first-order valence-electron chi connectivity index (χ1n) is 11.9. The number of carbonyl (C=O) groups excluding carboxylic acids is 2. The predicted molar refractivity (Wildman–Crippen MR) is 138 cm³/mol. The lowest BCUT2D eigenvalue weighted by molar-refractivity contribution is -0.181. The Morgan fingerprint density at radius 2 is 1.92 bits per heavy atom. The number of carbonyl (C=O) groups is 2.